The lowest BCUT2D eigenvalue weighted by atomic mass is 10.1. The molecule has 2 N–H and O–H groups in total. The van der Waals surface area contributed by atoms with E-state index in [0.29, 0.717) is 5.56 Å². The molecule has 0 bridgehead atoms. The van der Waals surface area contributed by atoms with E-state index in [0.717, 1.165) is 29.0 Å². The maximum Gasteiger partial charge on any atom is 0.318 e. The molecule has 4 aromatic carbocycles. The molecule has 12 heteroatoms. The third-order valence-corrected chi connectivity index (χ3v) is 5.25. The minimum Gasteiger partial charge on any atom is -0.507 e. The second-order valence-electron chi connectivity index (χ2n) is 7.59. The van der Waals surface area contributed by atoms with Gasteiger partial charge in [0, 0.05) is 6.07 Å². The molecular weight excluding hydrogens is 484 g/mol. The number of carbonyl (C=O) groups is 1. The number of non-ortho nitro benzene ring substituents is 1. The molecule has 4 aromatic rings. The van der Waals surface area contributed by atoms with E-state index in [2.05, 4.69) is 10.5 Å². The molecule has 0 aliphatic heterocycles. The summed E-state index contributed by atoms with van der Waals surface area (Å²) < 4.78 is 10.9. The Kier molecular flexibility index (Phi) is 6.91. The van der Waals surface area contributed by atoms with E-state index < -0.39 is 27.1 Å². The predicted octanol–water partition coefficient (Wildman–Crippen LogP) is 4.93. The van der Waals surface area contributed by atoms with Crippen molar-refractivity contribution in [3.8, 4) is 23.0 Å². The first-order chi connectivity index (χ1) is 17.8. The Morgan fingerprint density at radius 2 is 1.62 bits per heavy atom. The van der Waals surface area contributed by atoms with Crippen molar-refractivity contribution in [2.24, 2.45) is 5.10 Å². The van der Waals surface area contributed by atoms with Crippen molar-refractivity contribution < 1.29 is 29.2 Å². The molecule has 0 aliphatic rings. The quantitative estimate of drug-likeness (QED) is 0.194. The number of methoxy groups -OCH3 is 1. The minimum absolute atomic E-state index is 0.0573. The fraction of sp³-hybridized carbons (Fsp3) is 0.0400. The van der Waals surface area contributed by atoms with Crippen LogP contribution in [0.4, 0.5) is 11.4 Å². The molecule has 0 aliphatic carbocycles. The molecule has 12 nitrogen and oxygen atoms in total. The summed E-state index contributed by atoms with van der Waals surface area (Å²) in [5.41, 5.74) is 1.87. The van der Waals surface area contributed by atoms with Gasteiger partial charge < -0.3 is 14.6 Å². The smallest absolute Gasteiger partial charge is 0.318 e. The molecule has 0 saturated carbocycles. The van der Waals surface area contributed by atoms with Gasteiger partial charge in [0.25, 0.3) is 11.6 Å². The van der Waals surface area contributed by atoms with Crippen molar-refractivity contribution in [3.05, 3.63) is 104 Å². The molecule has 0 saturated heterocycles. The highest BCUT2D eigenvalue weighted by Crippen LogP contribution is 2.38. The number of hydrogen-bond acceptors (Lipinski definition) is 9. The number of nitro groups is 2. The number of nitrogens with zero attached hydrogens (tertiary/aromatic N) is 3. The average molecular weight is 502 g/mol. The Morgan fingerprint density at radius 3 is 2.30 bits per heavy atom. The van der Waals surface area contributed by atoms with Crippen molar-refractivity contribution in [2.45, 2.75) is 0 Å². The van der Waals surface area contributed by atoms with E-state index in [1.807, 2.05) is 24.3 Å². The predicted molar refractivity (Wildman–Crippen MR) is 133 cm³/mol. The van der Waals surface area contributed by atoms with Crippen LogP contribution < -0.4 is 14.9 Å². The summed E-state index contributed by atoms with van der Waals surface area (Å²) in [6, 6.07) is 17.9. The number of phenolic OH excluding ortho intramolecular Hbond substituents is 1. The van der Waals surface area contributed by atoms with Crippen molar-refractivity contribution >= 4 is 34.3 Å². The first-order valence-corrected chi connectivity index (χ1v) is 10.6. The number of hydrazone groups is 1. The summed E-state index contributed by atoms with van der Waals surface area (Å²) in [5.74, 6) is -0.707. The van der Waals surface area contributed by atoms with Gasteiger partial charge in [0.1, 0.15) is 5.75 Å². The van der Waals surface area contributed by atoms with Gasteiger partial charge in [-0.2, -0.15) is 5.10 Å². The number of hydrogen-bond donors (Lipinski definition) is 2. The molecule has 186 valence electrons. The van der Waals surface area contributed by atoms with Crippen LogP contribution >= 0.6 is 0 Å². The molecular formula is C25H18N4O8. The van der Waals surface area contributed by atoms with Crippen LogP contribution in [0.25, 0.3) is 10.8 Å². The van der Waals surface area contributed by atoms with Crippen molar-refractivity contribution in [1.82, 2.24) is 5.43 Å². The van der Waals surface area contributed by atoms with Crippen LogP contribution in [0.5, 0.6) is 23.0 Å². The van der Waals surface area contributed by atoms with Crippen LogP contribution in [-0.2, 0) is 0 Å². The van der Waals surface area contributed by atoms with Gasteiger partial charge in [-0.3, -0.25) is 25.0 Å². The minimum atomic E-state index is -0.786. The van der Waals surface area contributed by atoms with Crippen LogP contribution in [0.1, 0.15) is 15.9 Å². The summed E-state index contributed by atoms with van der Waals surface area (Å²) in [7, 11) is 1.36. The van der Waals surface area contributed by atoms with Gasteiger partial charge in [-0.15, -0.1) is 0 Å². The Bertz CT molecular complexity index is 1570. The molecule has 0 atom stereocenters. The van der Waals surface area contributed by atoms with Crippen LogP contribution in [0.3, 0.4) is 0 Å². The lowest BCUT2D eigenvalue weighted by Crippen LogP contribution is -2.17. The second-order valence-corrected chi connectivity index (χ2v) is 7.59. The number of ether oxygens (including phenoxy) is 2. The zero-order valence-corrected chi connectivity index (χ0v) is 19.2. The fourth-order valence-electron chi connectivity index (χ4n) is 3.45. The van der Waals surface area contributed by atoms with Gasteiger partial charge in [-0.05, 0) is 52.7 Å². The highest BCUT2D eigenvalue weighted by atomic mass is 16.6. The Hall–Kier alpha value is -5.52. The van der Waals surface area contributed by atoms with Gasteiger partial charge in [-0.25, -0.2) is 5.43 Å². The second kappa shape index (κ2) is 10.4. The third kappa shape index (κ3) is 5.43. The zero-order chi connectivity index (χ0) is 26.5. The van der Waals surface area contributed by atoms with Crippen molar-refractivity contribution in [3.63, 3.8) is 0 Å². The highest BCUT2D eigenvalue weighted by molar-refractivity contribution is 6.01. The van der Waals surface area contributed by atoms with E-state index in [4.69, 9.17) is 9.47 Å². The average Bonchev–Trinajstić information content (AvgIpc) is 2.88. The van der Waals surface area contributed by atoms with Crippen molar-refractivity contribution in [2.75, 3.05) is 7.11 Å². The zero-order valence-electron chi connectivity index (χ0n) is 19.2. The Labute approximate surface area is 208 Å². The maximum absolute atomic E-state index is 12.5. The monoisotopic (exact) mass is 502 g/mol. The summed E-state index contributed by atoms with van der Waals surface area (Å²) in [6.45, 7) is 0. The Balaban J connectivity index is 1.51. The number of nitrogens with one attached hydrogen (secondary N) is 1. The molecule has 0 spiro atoms. The largest absolute Gasteiger partial charge is 0.507 e. The van der Waals surface area contributed by atoms with Gasteiger partial charge in [0.2, 0.25) is 5.75 Å². The summed E-state index contributed by atoms with van der Waals surface area (Å²) in [5, 5.41) is 38.0. The van der Waals surface area contributed by atoms with Gasteiger partial charge in [0.05, 0.1) is 34.8 Å². The topological polar surface area (TPSA) is 166 Å². The molecule has 0 unspecified atom stereocenters. The fourth-order valence-corrected chi connectivity index (χ4v) is 3.45. The van der Waals surface area contributed by atoms with Crippen LogP contribution in [-0.4, -0.2) is 34.2 Å². The van der Waals surface area contributed by atoms with Crippen LogP contribution in [0, 0.1) is 20.2 Å². The number of phenols is 1. The number of nitro benzene ring substituents is 2. The number of aromatic hydroxyl groups is 1. The van der Waals surface area contributed by atoms with Crippen LogP contribution in [0.15, 0.2) is 77.9 Å². The first kappa shape index (κ1) is 24.6. The maximum atomic E-state index is 12.5. The standard InChI is InChI=1S/C25H18N4O8/c1-36-24-10-15(6-8-23(24)37-22-9-7-18(28(32)33)13-20(22)29(34)35)14-26-27-25(31)19-11-16-4-2-3-5-17(16)12-21(19)30/h2-14,30H,1H3,(H,27,31). The number of carbonyl (C=O) groups excluding carboxylic acids is 1. The molecule has 1 amide bonds. The Morgan fingerprint density at radius 1 is 0.919 bits per heavy atom. The molecule has 0 heterocycles. The van der Waals surface area contributed by atoms with Gasteiger partial charge in [0.15, 0.2) is 11.5 Å². The van der Waals surface area contributed by atoms with Gasteiger partial charge in [-0.1, -0.05) is 24.3 Å². The van der Waals surface area contributed by atoms with Crippen LogP contribution in [0.2, 0.25) is 0 Å². The molecule has 0 fully saturated rings. The normalized spacial score (nSPS) is 10.8. The highest BCUT2D eigenvalue weighted by Gasteiger charge is 2.22. The van der Waals surface area contributed by atoms with E-state index >= 15 is 0 Å². The lowest BCUT2D eigenvalue weighted by Gasteiger charge is -2.11. The number of fused-ring (bicyclic) bond motifs is 1. The molecule has 0 radical (unpaired) electrons. The summed E-state index contributed by atoms with van der Waals surface area (Å²) in [6.07, 6.45) is 1.33. The number of amides is 1. The number of benzene rings is 4. The molecule has 37 heavy (non-hydrogen) atoms. The van der Waals surface area contributed by atoms with E-state index in [-0.39, 0.29) is 28.6 Å². The van der Waals surface area contributed by atoms with Crippen molar-refractivity contribution in [1.29, 1.82) is 0 Å². The third-order valence-electron chi connectivity index (χ3n) is 5.25. The first-order valence-electron chi connectivity index (χ1n) is 10.6. The van der Waals surface area contributed by atoms with E-state index in [1.54, 1.807) is 12.1 Å². The van der Waals surface area contributed by atoms with E-state index in [1.165, 1.54) is 31.5 Å². The van der Waals surface area contributed by atoms with E-state index in [9.17, 15) is 30.1 Å². The SMILES string of the molecule is COc1cc(C=NNC(=O)c2cc3ccccc3cc2O)ccc1Oc1ccc([N+](=O)[O-])cc1[N+](=O)[O-]. The number of rotatable bonds is 8. The van der Waals surface area contributed by atoms with Gasteiger partial charge >= 0.3 is 5.69 Å². The molecule has 4 rings (SSSR count). The molecule has 0 aromatic heterocycles. The lowest BCUT2D eigenvalue weighted by molar-refractivity contribution is -0.394. The summed E-state index contributed by atoms with van der Waals surface area (Å²) >= 11 is 0. The summed E-state index contributed by atoms with van der Waals surface area (Å²) in [4.78, 5) is 33.3.